The minimum Gasteiger partial charge on any atom is -0.493 e. The molecular weight excluding hydrogens is 530 g/mol. The van der Waals surface area contributed by atoms with Gasteiger partial charge in [0.15, 0.2) is 11.5 Å². The van der Waals surface area contributed by atoms with E-state index in [1.54, 1.807) is 25.1 Å². The molecule has 36 heavy (non-hydrogen) atoms. The maximum atomic E-state index is 14.5. The number of carbonyl (C=O) groups excluding carboxylic acids is 1. The lowest BCUT2D eigenvalue weighted by Gasteiger charge is -2.24. The summed E-state index contributed by atoms with van der Waals surface area (Å²) in [4.78, 5) is 12.9. The fourth-order valence-electron chi connectivity index (χ4n) is 3.49. The number of rotatable bonds is 10. The van der Waals surface area contributed by atoms with Crippen LogP contribution in [-0.2, 0) is 21.4 Å². The molecule has 3 aromatic carbocycles. The van der Waals surface area contributed by atoms with Crippen molar-refractivity contribution in [2.24, 2.45) is 0 Å². The molecule has 0 unspecified atom stereocenters. The van der Waals surface area contributed by atoms with Crippen LogP contribution >= 0.6 is 23.2 Å². The first-order chi connectivity index (χ1) is 17.1. The fourth-order valence-corrected chi connectivity index (χ4v) is 5.21. The summed E-state index contributed by atoms with van der Waals surface area (Å²) in [5.74, 6) is -0.265. The number of benzene rings is 3. The van der Waals surface area contributed by atoms with Gasteiger partial charge in [-0.05, 0) is 61.0 Å². The average molecular weight is 555 g/mol. The first-order valence-corrected chi connectivity index (χ1v) is 13.0. The second-order valence-corrected chi connectivity index (χ2v) is 10.6. The maximum Gasteiger partial charge on any atom is 0.243 e. The van der Waals surface area contributed by atoms with Gasteiger partial charge >= 0.3 is 0 Å². The van der Waals surface area contributed by atoms with Gasteiger partial charge in [-0.1, -0.05) is 35.3 Å². The van der Waals surface area contributed by atoms with E-state index in [9.17, 15) is 17.6 Å². The predicted octanol–water partition coefficient (Wildman–Crippen LogP) is 5.22. The van der Waals surface area contributed by atoms with Crippen LogP contribution in [0.2, 0.25) is 10.0 Å². The molecule has 3 rings (SSSR count). The van der Waals surface area contributed by atoms with Crippen molar-refractivity contribution in [3.63, 3.8) is 0 Å². The van der Waals surface area contributed by atoms with Crippen molar-refractivity contribution in [3.8, 4) is 11.5 Å². The van der Waals surface area contributed by atoms with Crippen LogP contribution in [0.4, 0.5) is 4.39 Å². The average Bonchev–Trinajstić information content (AvgIpc) is 2.85. The predicted molar refractivity (Wildman–Crippen MR) is 137 cm³/mol. The largest absolute Gasteiger partial charge is 0.493 e. The zero-order valence-corrected chi connectivity index (χ0v) is 22.1. The number of nitrogens with zero attached hydrogens (tertiary/aromatic N) is 1. The summed E-state index contributed by atoms with van der Waals surface area (Å²) in [6.45, 7) is 0.715. The molecule has 0 bridgehead atoms. The first-order valence-electron chi connectivity index (χ1n) is 10.8. The SMILES string of the molecule is COc1ccc([C@@H](C)NC(=O)CN(Cc2c(F)cccc2Cl)S(=O)(=O)c2ccc(Cl)cc2)cc1OC. The number of ether oxygens (including phenoxy) is 2. The van der Waals surface area contributed by atoms with E-state index in [1.165, 1.54) is 56.7 Å². The molecule has 0 heterocycles. The van der Waals surface area contributed by atoms with Crippen molar-refractivity contribution in [2.45, 2.75) is 24.4 Å². The normalized spacial score (nSPS) is 12.3. The molecule has 0 radical (unpaired) electrons. The van der Waals surface area contributed by atoms with E-state index in [0.717, 1.165) is 4.31 Å². The van der Waals surface area contributed by atoms with E-state index in [2.05, 4.69) is 5.32 Å². The highest BCUT2D eigenvalue weighted by atomic mass is 35.5. The van der Waals surface area contributed by atoms with Crippen LogP contribution in [0.3, 0.4) is 0 Å². The molecule has 11 heteroatoms. The van der Waals surface area contributed by atoms with Gasteiger partial charge in [-0.2, -0.15) is 4.31 Å². The van der Waals surface area contributed by atoms with E-state index in [0.29, 0.717) is 22.1 Å². The van der Waals surface area contributed by atoms with Crippen LogP contribution in [-0.4, -0.2) is 39.4 Å². The fraction of sp³-hybridized carbons (Fsp3) is 0.240. The van der Waals surface area contributed by atoms with Gasteiger partial charge in [0.2, 0.25) is 15.9 Å². The number of carbonyl (C=O) groups is 1. The lowest BCUT2D eigenvalue weighted by molar-refractivity contribution is -0.122. The van der Waals surface area contributed by atoms with Gasteiger partial charge in [0.05, 0.1) is 31.7 Å². The summed E-state index contributed by atoms with van der Waals surface area (Å²) < 4.78 is 52.8. The van der Waals surface area contributed by atoms with E-state index >= 15 is 0 Å². The standard InChI is InChI=1S/C25H25Cl2FN2O5S/c1-16(17-7-12-23(34-2)24(13-17)35-3)29-25(31)15-30(14-20-21(27)5-4-6-22(20)28)36(32,33)19-10-8-18(26)9-11-19/h4-13,16H,14-15H2,1-3H3,(H,29,31)/t16-/m1/s1. The third-order valence-corrected chi connectivity index (χ3v) is 7.86. The Morgan fingerprint density at radius 3 is 2.31 bits per heavy atom. The van der Waals surface area contributed by atoms with Gasteiger partial charge in [-0.25, -0.2) is 12.8 Å². The molecule has 0 aliphatic carbocycles. The van der Waals surface area contributed by atoms with Gasteiger partial charge in [-0.15, -0.1) is 0 Å². The van der Waals surface area contributed by atoms with E-state index in [1.807, 2.05) is 0 Å². The maximum absolute atomic E-state index is 14.5. The molecule has 0 spiro atoms. The molecule has 1 N–H and O–H groups in total. The second kappa shape index (κ2) is 11.9. The number of halogens is 3. The van der Waals surface area contributed by atoms with Crippen molar-refractivity contribution in [1.29, 1.82) is 0 Å². The molecule has 3 aromatic rings. The minimum atomic E-state index is -4.21. The van der Waals surface area contributed by atoms with Crippen LogP contribution in [0.1, 0.15) is 24.1 Å². The number of hydrogen-bond acceptors (Lipinski definition) is 5. The molecule has 0 aliphatic heterocycles. The van der Waals surface area contributed by atoms with E-state index < -0.39 is 40.9 Å². The van der Waals surface area contributed by atoms with Gasteiger partial charge < -0.3 is 14.8 Å². The molecule has 0 saturated heterocycles. The zero-order chi connectivity index (χ0) is 26.5. The highest BCUT2D eigenvalue weighted by molar-refractivity contribution is 7.89. The van der Waals surface area contributed by atoms with Crippen molar-refractivity contribution >= 4 is 39.1 Å². The van der Waals surface area contributed by atoms with Crippen LogP contribution in [0, 0.1) is 5.82 Å². The quantitative estimate of drug-likeness (QED) is 0.371. The summed E-state index contributed by atoms with van der Waals surface area (Å²) in [5.41, 5.74) is 0.669. The second-order valence-electron chi connectivity index (χ2n) is 7.83. The third kappa shape index (κ3) is 6.47. The lowest BCUT2D eigenvalue weighted by atomic mass is 10.1. The van der Waals surface area contributed by atoms with E-state index in [-0.39, 0.29) is 15.5 Å². The summed E-state index contributed by atoms with van der Waals surface area (Å²) in [6.07, 6.45) is 0. The molecule has 0 fully saturated rings. The summed E-state index contributed by atoms with van der Waals surface area (Å²) in [5, 5.41) is 3.17. The molecule has 0 aromatic heterocycles. The zero-order valence-electron chi connectivity index (χ0n) is 19.8. The van der Waals surface area contributed by atoms with Gasteiger partial charge in [0.25, 0.3) is 0 Å². The molecule has 1 atom stereocenters. The van der Waals surface area contributed by atoms with E-state index in [4.69, 9.17) is 32.7 Å². The van der Waals surface area contributed by atoms with Crippen molar-refractivity contribution in [3.05, 3.63) is 87.7 Å². The van der Waals surface area contributed by atoms with Gasteiger partial charge in [-0.3, -0.25) is 4.79 Å². The van der Waals surface area contributed by atoms with Crippen molar-refractivity contribution in [2.75, 3.05) is 20.8 Å². The monoisotopic (exact) mass is 554 g/mol. The third-order valence-electron chi connectivity index (χ3n) is 5.45. The molecule has 7 nitrogen and oxygen atoms in total. The number of amides is 1. The Kier molecular flexibility index (Phi) is 9.19. The van der Waals surface area contributed by atoms with Crippen LogP contribution in [0.15, 0.2) is 65.6 Å². The molecule has 192 valence electrons. The Morgan fingerprint density at radius 1 is 1.03 bits per heavy atom. The molecule has 1 amide bonds. The Labute approximate surface area is 219 Å². The Balaban J connectivity index is 1.88. The van der Waals surface area contributed by atoms with Crippen LogP contribution < -0.4 is 14.8 Å². The Morgan fingerprint density at radius 2 is 1.69 bits per heavy atom. The van der Waals surface area contributed by atoms with Gasteiger partial charge in [0.1, 0.15) is 5.82 Å². The van der Waals surface area contributed by atoms with Crippen molar-refractivity contribution in [1.82, 2.24) is 9.62 Å². The highest BCUT2D eigenvalue weighted by Gasteiger charge is 2.29. The van der Waals surface area contributed by atoms with Crippen LogP contribution in [0.5, 0.6) is 11.5 Å². The molecule has 0 saturated carbocycles. The number of sulfonamides is 1. The van der Waals surface area contributed by atoms with Crippen molar-refractivity contribution < 1.29 is 27.1 Å². The smallest absolute Gasteiger partial charge is 0.243 e. The number of hydrogen-bond donors (Lipinski definition) is 1. The minimum absolute atomic E-state index is 0.0440. The first kappa shape index (κ1) is 27.7. The molecule has 0 aliphatic rings. The Hall–Kier alpha value is -2.85. The van der Waals surface area contributed by atoms with Crippen LogP contribution in [0.25, 0.3) is 0 Å². The summed E-state index contributed by atoms with van der Waals surface area (Å²) in [6, 6.07) is 14.2. The highest BCUT2D eigenvalue weighted by Crippen LogP contribution is 2.30. The summed E-state index contributed by atoms with van der Waals surface area (Å²) >= 11 is 12.0. The Bertz CT molecular complexity index is 1320. The lowest BCUT2D eigenvalue weighted by Crippen LogP contribution is -2.41. The topological polar surface area (TPSA) is 84.9 Å². The molecular formula is C25H25Cl2FN2O5S. The number of nitrogens with one attached hydrogen (secondary N) is 1. The summed E-state index contributed by atoms with van der Waals surface area (Å²) in [7, 11) is -1.20. The van der Waals surface area contributed by atoms with Gasteiger partial charge in [0, 0.05) is 22.2 Å². The number of methoxy groups -OCH3 is 2.